The zero-order valence-corrected chi connectivity index (χ0v) is 11.1. The van der Waals surface area contributed by atoms with Crippen molar-refractivity contribution in [2.24, 2.45) is 0 Å². The van der Waals surface area contributed by atoms with Crippen LogP contribution in [-0.4, -0.2) is 40.7 Å². The second-order valence-corrected chi connectivity index (χ2v) is 5.18. The highest BCUT2D eigenvalue weighted by Gasteiger charge is 2.24. The summed E-state index contributed by atoms with van der Waals surface area (Å²) in [4.78, 5) is 6.81. The molecule has 1 fully saturated rings. The van der Waals surface area contributed by atoms with Gasteiger partial charge in [0.25, 0.3) is 0 Å². The fourth-order valence-corrected chi connectivity index (χ4v) is 2.67. The first-order valence-electron chi connectivity index (χ1n) is 6.16. The molecule has 1 aliphatic rings. The summed E-state index contributed by atoms with van der Waals surface area (Å²) in [6.07, 6.45) is 0. The van der Waals surface area contributed by atoms with Crippen LogP contribution >= 0.6 is 11.3 Å². The van der Waals surface area contributed by atoms with Gasteiger partial charge in [-0.25, -0.2) is 0 Å². The van der Waals surface area contributed by atoms with Crippen molar-refractivity contribution < 1.29 is 4.52 Å². The van der Waals surface area contributed by atoms with E-state index in [0.717, 1.165) is 31.7 Å². The summed E-state index contributed by atoms with van der Waals surface area (Å²) < 4.78 is 5.32. The Labute approximate surface area is 110 Å². The van der Waals surface area contributed by atoms with E-state index in [4.69, 9.17) is 4.52 Å². The lowest BCUT2D eigenvalue weighted by atomic mass is 10.1. The highest BCUT2D eigenvalue weighted by Crippen LogP contribution is 2.19. The highest BCUT2D eigenvalue weighted by molar-refractivity contribution is 7.08. The molecule has 5 nitrogen and oxygen atoms in total. The maximum atomic E-state index is 5.32. The van der Waals surface area contributed by atoms with E-state index in [9.17, 15) is 0 Å². The second-order valence-electron chi connectivity index (χ2n) is 4.40. The number of thiophene rings is 1. The molecular weight excluding hydrogens is 248 g/mol. The number of nitrogens with one attached hydrogen (secondary N) is 1. The molecule has 0 bridgehead atoms. The van der Waals surface area contributed by atoms with Crippen LogP contribution in [0, 0.1) is 0 Å². The summed E-state index contributed by atoms with van der Waals surface area (Å²) in [5.74, 6) is 1.39. The molecule has 0 aromatic carbocycles. The average Bonchev–Trinajstić information content (AvgIpc) is 2.95. The Hall–Kier alpha value is -1.24. The third-order valence-electron chi connectivity index (χ3n) is 3.27. The molecular formula is C12H16N4OS. The van der Waals surface area contributed by atoms with Crippen molar-refractivity contribution in [3.63, 3.8) is 0 Å². The maximum absolute atomic E-state index is 5.32. The lowest BCUT2D eigenvalue weighted by Crippen LogP contribution is -2.56. The van der Waals surface area contributed by atoms with Crippen molar-refractivity contribution >= 4 is 11.3 Å². The molecule has 0 spiro atoms. The van der Waals surface area contributed by atoms with Gasteiger partial charge < -0.3 is 9.84 Å². The lowest BCUT2D eigenvalue weighted by molar-refractivity contribution is 0.129. The third kappa shape index (κ3) is 2.31. The SMILES string of the molecule is CCN(Cc1nc(-c2ccsc2)no1)C1CNC1. The van der Waals surface area contributed by atoms with Crippen molar-refractivity contribution in [1.82, 2.24) is 20.4 Å². The van der Waals surface area contributed by atoms with E-state index in [1.165, 1.54) is 0 Å². The average molecular weight is 264 g/mol. The van der Waals surface area contributed by atoms with E-state index >= 15 is 0 Å². The fourth-order valence-electron chi connectivity index (χ4n) is 2.03. The van der Waals surface area contributed by atoms with Gasteiger partial charge in [-0.1, -0.05) is 12.1 Å². The summed E-state index contributed by atoms with van der Waals surface area (Å²) in [7, 11) is 0. The molecule has 1 saturated heterocycles. The Morgan fingerprint density at radius 3 is 3.06 bits per heavy atom. The predicted molar refractivity (Wildman–Crippen MR) is 70.4 cm³/mol. The van der Waals surface area contributed by atoms with Gasteiger partial charge in [-0.3, -0.25) is 4.90 Å². The number of hydrogen-bond donors (Lipinski definition) is 1. The van der Waals surface area contributed by atoms with Crippen LogP contribution in [0.1, 0.15) is 12.8 Å². The minimum atomic E-state index is 0.603. The molecule has 0 amide bonds. The van der Waals surface area contributed by atoms with Crippen molar-refractivity contribution in [3.05, 3.63) is 22.7 Å². The smallest absolute Gasteiger partial charge is 0.241 e. The van der Waals surface area contributed by atoms with Crippen LogP contribution < -0.4 is 5.32 Å². The summed E-state index contributed by atoms with van der Waals surface area (Å²) in [6.45, 7) is 6.01. The molecule has 1 N–H and O–H groups in total. The molecule has 0 unspecified atom stereocenters. The Kier molecular flexibility index (Phi) is 3.40. The van der Waals surface area contributed by atoms with Crippen LogP contribution in [0.5, 0.6) is 0 Å². The molecule has 3 rings (SSSR count). The molecule has 18 heavy (non-hydrogen) atoms. The fraction of sp³-hybridized carbons (Fsp3) is 0.500. The quantitative estimate of drug-likeness (QED) is 0.889. The van der Waals surface area contributed by atoms with Crippen LogP contribution in [0.25, 0.3) is 11.4 Å². The highest BCUT2D eigenvalue weighted by atomic mass is 32.1. The van der Waals surface area contributed by atoms with Crippen LogP contribution in [0.15, 0.2) is 21.3 Å². The molecule has 96 valence electrons. The van der Waals surface area contributed by atoms with E-state index in [0.29, 0.717) is 17.8 Å². The zero-order chi connectivity index (χ0) is 12.4. The van der Waals surface area contributed by atoms with E-state index in [2.05, 4.69) is 27.3 Å². The van der Waals surface area contributed by atoms with Crippen molar-refractivity contribution in [2.75, 3.05) is 19.6 Å². The van der Waals surface area contributed by atoms with E-state index in [1.807, 2.05) is 16.8 Å². The molecule has 2 aromatic rings. The van der Waals surface area contributed by atoms with Gasteiger partial charge in [0.1, 0.15) is 0 Å². The van der Waals surface area contributed by atoms with Crippen LogP contribution in [0.3, 0.4) is 0 Å². The molecule has 0 radical (unpaired) electrons. The minimum absolute atomic E-state index is 0.603. The van der Waals surface area contributed by atoms with Crippen molar-refractivity contribution in [1.29, 1.82) is 0 Å². The lowest BCUT2D eigenvalue weighted by Gasteiger charge is -2.36. The monoisotopic (exact) mass is 264 g/mol. The molecule has 0 aliphatic carbocycles. The summed E-state index contributed by atoms with van der Waals surface area (Å²) in [5, 5.41) is 11.4. The number of hydrogen-bond acceptors (Lipinski definition) is 6. The van der Waals surface area contributed by atoms with Crippen LogP contribution in [0.2, 0.25) is 0 Å². The van der Waals surface area contributed by atoms with E-state index in [1.54, 1.807) is 11.3 Å². The van der Waals surface area contributed by atoms with Crippen molar-refractivity contribution in [3.8, 4) is 11.4 Å². The number of rotatable bonds is 5. The van der Waals surface area contributed by atoms with Crippen molar-refractivity contribution in [2.45, 2.75) is 19.5 Å². The topological polar surface area (TPSA) is 54.2 Å². The van der Waals surface area contributed by atoms with Gasteiger partial charge in [0, 0.05) is 30.1 Å². The first-order chi connectivity index (χ1) is 8.86. The minimum Gasteiger partial charge on any atom is -0.338 e. The van der Waals surface area contributed by atoms with Crippen LogP contribution in [0.4, 0.5) is 0 Å². The third-order valence-corrected chi connectivity index (χ3v) is 3.95. The van der Waals surface area contributed by atoms with Gasteiger partial charge in [-0.2, -0.15) is 16.3 Å². The maximum Gasteiger partial charge on any atom is 0.241 e. The number of likely N-dealkylation sites (N-methyl/N-ethyl adjacent to an activating group) is 1. The largest absolute Gasteiger partial charge is 0.338 e. The van der Waals surface area contributed by atoms with Crippen LogP contribution in [-0.2, 0) is 6.54 Å². The summed E-state index contributed by atoms with van der Waals surface area (Å²) in [6, 6.07) is 2.61. The van der Waals surface area contributed by atoms with Gasteiger partial charge in [0.2, 0.25) is 11.7 Å². The van der Waals surface area contributed by atoms with Gasteiger partial charge in [0.15, 0.2) is 0 Å². The second kappa shape index (κ2) is 5.17. The molecule has 0 atom stereocenters. The molecule has 2 aromatic heterocycles. The zero-order valence-electron chi connectivity index (χ0n) is 10.3. The van der Waals surface area contributed by atoms with Gasteiger partial charge in [0.05, 0.1) is 6.54 Å². The summed E-state index contributed by atoms with van der Waals surface area (Å²) >= 11 is 1.64. The molecule has 0 saturated carbocycles. The Balaban J connectivity index is 1.69. The molecule has 3 heterocycles. The Morgan fingerprint density at radius 2 is 2.44 bits per heavy atom. The normalized spacial score (nSPS) is 16.1. The van der Waals surface area contributed by atoms with Gasteiger partial charge >= 0.3 is 0 Å². The standard InChI is InChI=1S/C12H16N4OS/c1-2-16(10-5-13-6-10)7-11-14-12(15-17-11)9-3-4-18-8-9/h3-4,8,10,13H,2,5-7H2,1H3. The Morgan fingerprint density at radius 1 is 1.56 bits per heavy atom. The number of nitrogens with zero attached hydrogens (tertiary/aromatic N) is 3. The first-order valence-corrected chi connectivity index (χ1v) is 7.11. The number of aromatic nitrogens is 2. The summed E-state index contributed by atoms with van der Waals surface area (Å²) in [5.41, 5.74) is 1.03. The molecule has 1 aliphatic heterocycles. The first kappa shape index (κ1) is 11.8. The van der Waals surface area contributed by atoms with E-state index in [-0.39, 0.29) is 0 Å². The van der Waals surface area contributed by atoms with Gasteiger partial charge in [-0.15, -0.1) is 0 Å². The van der Waals surface area contributed by atoms with Gasteiger partial charge in [-0.05, 0) is 18.0 Å². The predicted octanol–water partition coefficient (Wildman–Crippen LogP) is 1.59. The Bertz CT molecular complexity index is 492. The molecule has 6 heteroatoms. The van der Waals surface area contributed by atoms with E-state index < -0.39 is 0 Å².